The molecule has 0 unspecified atom stereocenters. The number of aromatic carboxylic acids is 2. The second-order valence-corrected chi connectivity index (χ2v) is 5.16. The largest absolute Gasteiger partial charge is 0.478 e. The Hall–Kier alpha value is -3.88. The standard InChI is InChI=1S/C18H15NO8/c1-26-17(24)11-5-3-4-8-19(14(11)18(25)27-2)13-7-6-10(15(20)21)9-12(13)16(22)23/h3-9H,1-2H3,(H,20,21)(H,22,23). The van der Waals surface area contributed by atoms with Crippen LogP contribution in [-0.4, -0.2) is 48.3 Å². The van der Waals surface area contributed by atoms with Crippen molar-refractivity contribution < 1.29 is 38.9 Å². The van der Waals surface area contributed by atoms with Crippen molar-refractivity contribution in [3.8, 4) is 0 Å². The van der Waals surface area contributed by atoms with E-state index in [1.807, 2.05) is 0 Å². The normalized spacial score (nSPS) is 13.2. The minimum atomic E-state index is -1.41. The Morgan fingerprint density at radius 3 is 2.15 bits per heavy atom. The van der Waals surface area contributed by atoms with Gasteiger partial charge in [-0.2, -0.15) is 0 Å². The molecule has 9 nitrogen and oxygen atoms in total. The molecule has 0 radical (unpaired) electrons. The lowest BCUT2D eigenvalue weighted by molar-refractivity contribution is -0.139. The van der Waals surface area contributed by atoms with E-state index in [9.17, 15) is 24.3 Å². The number of benzene rings is 1. The van der Waals surface area contributed by atoms with Gasteiger partial charge >= 0.3 is 23.9 Å². The molecule has 0 amide bonds. The molecule has 1 aliphatic heterocycles. The van der Waals surface area contributed by atoms with Gasteiger partial charge in [-0.3, -0.25) is 0 Å². The van der Waals surface area contributed by atoms with E-state index in [-0.39, 0.29) is 28.1 Å². The first kappa shape index (κ1) is 19.4. The third-order valence-electron chi connectivity index (χ3n) is 3.62. The number of carboxylic acids is 2. The van der Waals surface area contributed by atoms with Crippen molar-refractivity contribution in [1.29, 1.82) is 0 Å². The number of anilines is 1. The van der Waals surface area contributed by atoms with Gasteiger partial charge in [0.1, 0.15) is 5.70 Å². The van der Waals surface area contributed by atoms with Crippen molar-refractivity contribution in [2.24, 2.45) is 0 Å². The van der Waals surface area contributed by atoms with Crippen molar-refractivity contribution in [2.75, 3.05) is 19.1 Å². The molecular formula is C18H15NO8. The Balaban J connectivity index is 2.78. The van der Waals surface area contributed by atoms with Crippen molar-refractivity contribution in [3.05, 3.63) is 65.0 Å². The highest BCUT2D eigenvalue weighted by Gasteiger charge is 2.30. The highest BCUT2D eigenvalue weighted by molar-refractivity contribution is 6.07. The maximum atomic E-state index is 12.4. The molecule has 0 atom stereocenters. The quantitative estimate of drug-likeness (QED) is 0.738. The number of rotatable bonds is 5. The van der Waals surface area contributed by atoms with E-state index < -0.39 is 23.9 Å². The van der Waals surface area contributed by atoms with Gasteiger partial charge in [0.15, 0.2) is 0 Å². The summed E-state index contributed by atoms with van der Waals surface area (Å²) in [5.74, 6) is -4.47. The Morgan fingerprint density at radius 2 is 1.59 bits per heavy atom. The number of carbonyl (C=O) groups is 4. The lowest BCUT2D eigenvalue weighted by atomic mass is 10.1. The first-order valence-corrected chi connectivity index (χ1v) is 7.47. The van der Waals surface area contributed by atoms with Gasteiger partial charge in [-0.15, -0.1) is 0 Å². The van der Waals surface area contributed by atoms with Crippen molar-refractivity contribution in [1.82, 2.24) is 0 Å². The fourth-order valence-electron chi connectivity index (χ4n) is 2.40. The fraction of sp³-hybridized carbons (Fsp3) is 0.111. The van der Waals surface area contributed by atoms with Gasteiger partial charge in [0.25, 0.3) is 0 Å². The van der Waals surface area contributed by atoms with E-state index in [4.69, 9.17) is 9.84 Å². The molecule has 0 aliphatic carbocycles. The van der Waals surface area contributed by atoms with Crippen LogP contribution in [0.3, 0.4) is 0 Å². The van der Waals surface area contributed by atoms with Gasteiger partial charge in [0, 0.05) is 6.20 Å². The maximum Gasteiger partial charge on any atom is 0.355 e. The van der Waals surface area contributed by atoms with Gasteiger partial charge in [-0.25, -0.2) is 19.2 Å². The third-order valence-corrected chi connectivity index (χ3v) is 3.62. The summed E-state index contributed by atoms with van der Waals surface area (Å²) in [6.07, 6.45) is 5.60. The monoisotopic (exact) mass is 373 g/mol. The summed E-state index contributed by atoms with van der Waals surface area (Å²) in [7, 11) is 2.23. The Bertz CT molecular complexity index is 910. The Labute approximate surface area is 153 Å². The van der Waals surface area contributed by atoms with Crippen LogP contribution in [0.15, 0.2) is 53.9 Å². The van der Waals surface area contributed by atoms with Gasteiger partial charge in [0.2, 0.25) is 0 Å². The van der Waals surface area contributed by atoms with Gasteiger partial charge < -0.3 is 24.6 Å². The summed E-state index contributed by atoms with van der Waals surface area (Å²) in [5.41, 5.74) is -1.10. The molecule has 0 saturated heterocycles. The van der Waals surface area contributed by atoms with E-state index in [0.717, 1.165) is 25.2 Å². The highest BCUT2D eigenvalue weighted by atomic mass is 16.5. The summed E-state index contributed by atoms with van der Waals surface area (Å²) >= 11 is 0. The van der Waals surface area contributed by atoms with Crippen molar-refractivity contribution in [2.45, 2.75) is 0 Å². The van der Waals surface area contributed by atoms with Gasteiger partial charge in [-0.05, 0) is 30.4 Å². The predicted molar refractivity (Wildman–Crippen MR) is 92.2 cm³/mol. The molecule has 0 bridgehead atoms. The molecule has 1 aromatic rings. The summed E-state index contributed by atoms with van der Waals surface area (Å²) in [6.45, 7) is 0. The maximum absolute atomic E-state index is 12.4. The Kier molecular flexibility index (Phi) is 5.76. The average Bonchev–Trinajstić information content (AvgIpc) is 2.88. The molecule has 0 aromatic heterocycles. The second-order valence-electron chi connectivity index (χ2n) is 5.16. The zero-order chi connectivity index (χ0) is 20.1. The highest BCUT2D eigenvalue weighted by Crippen LogP contribution is 2.30. The Morgan fingerprint density at radius 1 is 0.926 bits per heavy atom. The minimum absolute atomic E-state index is 0.0331. The van der Waals surface area contributed by atoms with Crippen LogP contribution in [-0.2, 0) is 19.1 Å². The number of ether oxygens (including phenoxy) is 2. The van der Waals surface area contributed by atoms with Crippen LogP contribution in [0.1, 0.15) is 20.7 Å². The van der Waals surface area contributed by atoms with E-state index in [0.29, 0.717) is 0 Å². The smallest absolute Gasteiger partial charge is 0.355 e. The van der Waals surface area contributed by atoms with Crippen molar-refractivity contribution in [3.63, 3.8) is 0 Å². The van der Waals surface area contributed by atoms with Crippen LogP contribution in [0.2, 0.25) is 0 Å². The van der Waals surface area contributed by atoms with Gasteiger partial charge in [-0.1, -0.05) is 6.08 Å². The van der Waals surface area contributed by atoms with Crippen LogP contribution in [0.4, 0.5) is 5.69 Å². The predicted octanol–water partition coefficient (Wildman–Crippen LogP) is 1.57. The van der Waals surface area contributed by atoms with Crippen molar-refractivity contribution >= 4 is 29.6 Å². The molecule has 0 spiro atoms. The molecule has 2 N–H and O–H groups in total. The molecular weight excluding hydrogens is 358 g/mol. The summed E-state index contributed by atoms with van der Waals surface area (Å²) in [5, 5.41) is 18.6. The lowest BCUT2D eigenvalue weighted by Crippen LogP contribution is -2.28. The number of hydrogen-bond acceptors (Lipinski definition) is 7. The van der Waals surface area contributed by atoms with Crippen LogP contribution in [0, 0.1) is 0 Å². The molecule has 140 valence electrons. The van der Waals surface area contributed by atoms with Crippen LogP contribution in [0.5, 0.6) is 0 Å². The van der Waals surface area contributed by atoms with Gasteiger partial charge in [0.05, 0.1) is 36.6 Å². The summed E-state index contributed by atoms with van der Waals surface area (Å²) in [4.78, 5) is 48.4. The van der Waals surface area contributed by atoms with E-state index >= 15 is 0 Å². The zero-order valence-corrected chi connectivity index (χ0v) is 14.3. The van der Waals surface area contributed by atoms with Crippen LogP contribution >= 0.6 is 0 Å². The molecule has 27 heavy (non-hydrogen) atoms. The molecule has 2 rings (SSSR count). The number of esters is 2. The topological polar surface area (TPSA) is 130 Å². The fourth-order valence-corrected chi connectivity index (χ4v) is 2.40. The number of hydrogen-bond donors (Lipinski definition) is 2. The first-order valence-electron chi connectivity index (χ1n) is 7.47. The molecule has 0 fully saturated rings. The van der Waals surface area contributed by atoms with E-state index in [1.165, 1.54) is 36.6 Å². The number of nitrogens with zero attached hydrogens (tertiary/aromatic N) is 1. The van der Waals surface area contributed by atoms with Crippen LogP contribution in [0.25, 0.3) is 0 Å². The molecule has 0 saturated carbocycles. The number of methoxy groups -OCH3 is 2. The molecule has 1 aromatic carbocycles. The average molecular weight is 373 g/mol. The zero-order valence-electron chi connectivity index (χ0n) is 14.3. The number of carbonyl (C=O) groups excluding carboxylic acids is 2. The molecule has 1 heterocycles. The molecule has 9 heteroatoms. The summed E-state index contributed by atoms with van der Waals surface area (Å²) < 4.78 is 9.41. The third kappa shape index (κ3) is 3.87. The van der Waals surface area contributed by atoms with Crippen LogP contribution < -0.4 is 4.90 Å². The SMILES string of the molecule is COC(=O)C1=C(C(=O)OC)N(c2ccc(C(=O)O)cc2C(=O)O)C=CC=C1. The lowest BCUT2D eigenvalue weighted by Gasteiger charge is -2.24. The first-order chi connectivity index (χ1) is 12.8. The van der Waals surface area contributed by atoms with E-state index in [2.05, 4.69) is 4.74 Å². The number of allylic oxidation sites excluding steroid dienone is 2. The second kappa shape index (κ2) is 8.00. The minimum Gasteiger partial charge on any atom is -0.478 e. The molecule has 1 aliphatic rings. The summed E-state index contributed by atoms with van der Waals surface area (Å²) in [6, 6.07) is 3.36. The number of carboxylic acid groups (broad SMARTS) is 2. The van der Waals surface area contributed by atoms with E-state index in [1.54, 1.807) is 0 Å².